The van der Waals surface area contributed by atoms with Crippen LogP contribution in [0.4, 0.5) is 0 Å². The van der Waals surface area contributed by atoms with E-state index in [1.807, 2.05) is 24.6 Å². The topological polar surface area (TPSA) is 70.8 Å². The van der Waals surface area contributed by atoms with E-state index in [2.05, 4.69) is 31.9 Å². The zero-order valence-electron chi connectivity index (χ0n) is 16.4. The maximum absolute atomic E-state index is 5.45. The molecule has 0 spiro atoms. The number of guanidine groups is 1. The fraction of sp³-hybridized carbons (Fsp3) is 0.722. The van der Waals surface area contributed by atoms with Gasteiger partial charge in [-0.2, -0.15) is 0 Å². The van der Waals surface area contributed by atoms with Gasteiger partial charge in [-0.1, -0.05) is 6.08 Å². The second-order valence-corrected chi connectivity index (χ2v) is 7.05. The smallest absolute Gasteiger partial charge is 0.194 e. The van der Waals surface area contributed by atoms with Crippen molar-refractivity contribution in [3.8, 4) is 0 Å². The summed E-state index contributed by atoms with van der Waals surface area (Å²) in [5, 5.41) is 11.7. The Morgan fingerprint density at radius 1 is 1.33 bits per heavy atom. The highest BCUT2D eigenvalue weighted by atomic mass is 127. The van der Waals surface area contributed by atoms with Gasteiger partial charge in [0.2, 0.25) is 0 Å². The lowest BCUT2D eigenvalue weighted by atomic mass is 10.1. The minimum absolute atomic E-state index is 0. The summed E-state index contributed by atoms with van der Waals surface area (Å²) in [4.78, 5) is 9.68. The van der Waals surface area contributed by atoms with Gasteiger partial charge in [0, 0.05) is 46.3 Å². The van der Waals surface area contributed by atoms with Crippen LogP contribution in [0.3, 0.4) is 0 Å². The van der Waals surface area contributed by atoms with Gasteiger partial charge in [-0.15, -0.1) is 40.8 Å². The first kappa shape index (κ1) is 22.1. The van der Waals surface area contributed by atoms with Crippen LogP contribution in [0.1, 0.15) is 18.1 Å². The molecule has 2 fully saturated rings. The number of aliphatic imine (C=N–C) groups is 1. The molecule has 0 amide bonds. The molecule has 1 unspecified atom stereocenters. The molecular weight excluding hydrogens is 457 g/mol. The van der Waals surface area contributed by atoms with Crippen molar-refractivity contribution in [3.63, 3.8) is 0 Å². The lowest BCUT2D eigenvalue weighted by Crippen LogP contribution is -2.42. The second-order valence-electron chi connectivity index (χ2n) is 7.05. The summed E-state index contributed by atoms with van der Waals surface area (Å²) in [6, 6.07) is 0. The number of nitrogens with zero attached hydrogens (tertiary/aromatic N) is 6. The number of aromatic nitrogens is 3. The van der Waals surface area contributed by atoms with E-state index < -0.39 is 0 Å². The van der Waals surface area contributed by atoms with Crippen molar-refractivity contribution < 1.29 is 4.74 Å². The minimum atomic E-state index is 0. The monoisotopic (exact) mass is 489 g/mol. The molecule has 3 rings (SSSR count). The molecular formula is C18H32IN7O. The summed E-state index contributed by atoms with van der Waals surface area (Å²) in [6.45, 7) is 14.1. The quantitative estimate of drug-likeness (QED) is 0.279. The van der Waals surface area contributed by atoms with Gasteiger partial charge in [-0.3, -0.25) is 4.90 Å². The van der Waals surface area contributed by atoms with Crippen molar-refractivity contribution in [3.05, 3.63) is 24.3 Å². The van der Waals surface area contributed by atoms with Gasteiger partial charge in [-0.05, 0) is 19.3 Å². The molecule has 3 heterocycles. The van der Waals surface area contributed by atoms with Gasteiger partial charge < -0.3 is 19.5 Å². The molecule has 2 aliphatic rings. The van der Waals surface area contributed by atoms with Crippen LogP contribution >= 0.6 is 24.0 Å². The molecule has 152 valence electrons. The van der Waals surface area contributed by atoms with Crippen LogP contribution in [0.15, 0.2) is 17.6 Å². The largest absolute Gasteiger partial charge is 0.379 e. The third-order valence-corrected chi connectivity index (χ3v) is 5.16. The fourth-order valence-corrected chi connectivity index (χ4v) is 3.49. The average molecular weight is 489 g/mol. The van der Waals surface area contributed by atoms with Crippen molar-refractivity contribution in [1.29, 1.82) is 0 Å². The lowest BCUT2D eigenvalue weighted by Gasteiger charge is -2.29. The first-order valence-corrected chi connectivity index (χ1v) is 9.46. The van der Waals surface area contributed by atoms with Gasteiger partial charge in [0.05, 0.1) is 13.2 Å². The molecule has 27 heavy (non-hydrogen) atoms. The molecule has 1 aromatic heterocycles. The second kappa shape index (κ2) is 11.0. The Kier molecular flexibility index (Phi) is 8.97. The van der Waals surface area contributed by atoms with E-state index >= 15 is 0 Å². The molecule has 9 heteroatoms. The van der Waals surface area contributed by atoms with Crippen LogP contribution in [-0.4, -0.2) is 83.0 Å². The molecule has 0 aliphatic carbocycles. The zero-order valence-corrected chi connectivity index (χ0v) is 18.8. The summed E-state index contributed by atoms with van der Waals surface area (Å²) in [6.07, 6.45) is 3.07. The number of hydrogen-bond acceptors (Lipinski definition) is 5. The highest BCUT2D eigenvalue weighted by Gasteiger charge is 2.27. The molecule has 1 atom stereocenters. The number of halogens is 1. The van der Waals surface area contributed by atoms with Gasteiger partial charge >= 0.3 is 0 Å². The van der Waals surface area contributed by atoms with E-state index in [1.165, 1.54) is 6.42 Å². The van der Waals surface area contributed by atoms with E-state index in [0.29, 0.717) is 19.0 Å². The van der Waals surface area contributed by atoms with Crippen molar-refractivity contribution in [2.24, 2.45) is 18.0 Å². The molecule has 2 aliphatic heterocycles. The normalized spacial score (nSPS) is 21.2. The van der Waals surface area contributed by atoms with Gasteiger partial charge in [0.1, 0.15) is 12.4 Å². The molecule has 1 N–H and O–H groups in total. The summed E-state index contributed by atoms with van der Waals surface area (Å²) >= 11 is 0. The van der Waals surface area contributed by atoms with E-state index in [0.717, 1.165) is 63.5 Å². The third-order valence-electron chi connectivity index (χ3n) is 5.16. The lowest BCUT2D eigenvalue weighted by molar-refractivity contribution is 0.0315. The van der Waals surface area contributed by atoms with Gasteiger partial charge in [-0.25, -0.2) is 4.99 Å². The number of aryl methyl sites for hydroxylation is 1. The zero-order chi connectivity index (χ0) is 18.4. The number of ether oxygens (including phenoxy) is 1. The van der Waals surface area contributed by atoms with Crippen LogP contribution in [0.25, 0.3) is 0 Å². The molecule has 8 nitrogen and oxygen atoms in total. The van der Waals surface area contributed by atoms with E-state index in [-0.39, 0.29) is 24.0 Å². The van der Waals surface area contributed by atoms with Crippen LogP contribution in [-0.2, 0) is 18.3 Å². The molecule has 2 saturated heterocycles. The van der Waals surface area contributed by atoms with E-state index in [9.17, 15) is 0 Å². The van der Waals surface area contributed by atoms with Gasteiger partial charge in [0.25, 0.3) is 0 Å². The highest BCUT2D eigenvalue weighted by Crippen LogP contribution is 2.18. The van der Waals surface area contributed by atoms with Crippen molar-refractivity contribution in [1.82, 2.24) is 29.9 Å². The Labute approximate surface area is 179 Å². The molecule has 0 aromatic carbocycles. The molecule has 0 bridgehead atoms. The van der Waals surface area contributed by atoms with Crippen LogP contribution < -0.4 is 5.32 Å². The van der Waals surface area contributed by atoms with Crippen LogP contribution in [0, 0.1) is 12.8 Å². The first-order chi connectivity index (χ1) is 12.7. The maximum atomic E-state index is 5.45. The number of likely N-dealkylation sites (tertiary alicyclic amines) is 1. The Morgan fingerprint density at radius 2 is 2.11 bits per heavy atom. The van der Waals surface area contributed by atoms with Crippen LogP contribution in [0.5, 0.6) is 0 Å². The SMILES string of the molecule is C=CCNC(=NCc1nnc(C)n1C)N1CCC(CN2CCOCC2)C1.I. The standard InChI is InChI=1S/C18H31N7O.HI/c1-4-6-19-18(20-12-17-22-21-15(2)23(17)3)25-7-5-16(14-25)13-24-8-10-26-11-9-24;/h4,16H,1,5-14H2,2-3H3,(H,19,20);1H. The minimum Gasteiger partial charge on any atom is -0.379 e. The maximum Gasteiger partial charge on any atom is 0.194 e. The van der Waals surface area contributed by atoms with E-state index in [1.54, 1.807) is 0 Å². The Balaban J connectivity index is 0.00000261. The summed E-state index contributed by atoms with van der Waals surface area (Å²) in [7, 11) is 1.98. The molecule has 0 saturated carbocycles. The molecule has 1 aromatic rings. The predicted octanol–water partition coefficient (Wildman–Crippen LogP) is 1.03. The number of morpholine rings is 1. The Bertz CT molecular complexity index is 627. The first-order valence-electron chi connectivity index (χ1n) is 9.46. The summed E-state index contributed by atoms with van der Waals surface area (Å²) in [5.41, 5.74) is 0. The Morgan fingerprint density at radius 3 is 2.78 bits per heavy atom. The van der Waals surface area contributed by atoms with Crippen molar-refractivity contribution in [2.45, 2.75) is 19.9 Å². The fourth-order valence-electron chi connectivity index (χ4n) is 3.49. The van der Waals surface area contributed by atoms with Gasteiger partial charge in [0.15, 0.2) is 11.8 Å². The van der Waals surface area contributed by atoms with Crippen LogP contribution in [0.2, 0.25) is 0 Å². The Hall–Kier alpha value is -1.20. The summed E-state index contributed by atoms with van der Waals surface area (Å²) in [5.74, 6) is 3.41. The van der Waals surface area contributed by atoms with Crippen molar-refractivity contribution in [2.75, 3.05) is 52.5 Å². The van der Waals surface area contributed by atoms with E-state index in [4.69, 9.17) is 9.73 Å². The van der Waals surface area contributed by atoms with Crippen molar-refractivity contribution >= 4 is 29.9 Å². The highest BCUT2D eigenvalue weighted by molar-refractivity contribution is 14.0. The molecule has 0 radical (unpaired) electrons. The summed E-state index contributed by atoms with van der Waals surface area (Å²) < 4.78 is 7.44. The average Bonchev–Trinajstić information content (AvgIpc) is 3.24. The number of nitrogens with one attached hydrogen (secondary N) is 1. The number of rotatable bonds is 6. The third kappa shape index (κ3) is 6.15. The predicted molar refractivity (Wildman–Crippen MR) is 117 cm³/mol. The number of hydrogen-bond donors (Lipinski definition) is 1.